The van der Waals surface area contributed by atoms with Gasteiger partial charge in [0.15, 0.2) is 0 Å². The van der Waals surface area contributed by atoms with E-state index >= 15 is 0 Å². The van der Waals surface area contributed by atoms with Gasteiger partial charge in [0.1, 0.15) is 12.4 Å². The van der Waals surface area contributed by atoms with Crippen molar-refractivity contribution < 1.29 is 4.79 Å². The minimum atomic E-state index is -0.499. The lowest BCUT2D eigenvalue weighted by Gasteiger charge is -2.16. The van der Waals surface area contributed by atoms with Crippen LogP contribution in [-0.2, 0) is 4.79 Å². The Balaban J connectivity index is 2.15. The van der Waals surface area contributed by atoms with Crippen LogP contribution in [0.3, 0.4) is 0 Å². The van der Waals surface area contributed by atoms with Gasteiger partial charge in [0.05, 0.1) is 0 Å². The maximum absolute atomic E-state index is 11.9. The Hall–Kier alpha value is -2.22. The summed E-state index contributed by atoms with van der Waals surface area (Å²) in [5, 5.41) is 5.73. The van der Waals surface area contributed by atoms with Gasteiger partial charge in [0, 0.05) is 18.4 Å². The van der Waals surface area contributed by atoms with E-state index in [1.165, 1.54) is 0 Å². The first kappa shape index (κ1) is 15.2. The fourth-order valence-electron chi connectivity index (χ4n) is 1.57. The fraction of sp³-hybridized carbons (Fsp3) is 0.417. The van der Waals surface area contributed by atoms with Crippen LogP contribution in [0.15, 0.2) is 18.7 Å². The molecule has 0 aromatic carbocycles. The van der Waals surface area contributed by atoms with Crippen LogP contribution < -0.4 is 10.6 Å². The van der Waals surface area contributed by atoms with Crippen molar-refractivity contribution in [3.63, 3.8) is 0 Å². The van der Waals surface area contributed by atoms with Gasteiger partial charge < -0.3 is 10.6 Å². The van der Waals surface area contributed by atoms with Crippen LogP contribution in [0.5, 0.6) is 0 Å². The molecule has 1 atom stereocenters. The average Bonchev–Trinajstić information content (AvgIpc) is 2.90. The van der Waals surface area contributed by atoms with Crippen molar-refractivity contribution in [3.05, 3.63) is 24.0 Å². The molecule has 21 heavy (non-hydrogen) atoms. The number of anilines is 1. The van der Waals surface area contributed by atoms with Crippen LogP contribution in [0.1, 0.15) is 20.8 Å². The van der Waals surface area contributed by atoms with E-state index in [1.807, 2.05) is 13.8 Å². The third kappa shape index (κ3) is 4.12. The monoisotopic (exact) mass is 309 g/mol. The van der Waals surface area contributed by atoms with Crippen molar-refractivity contribution in [3.8, 4) is 5.95 Å². The largest absolute Gasteiger partial charge is 0.352 e. The van der Waals surface area contributed by atoms with E-state index in [9.17, 15) is 4.79 Å². The van der Waals surface area contributed by atoms with Crippen LogP contribution in [0.4, 0.5) is 5.95 Å². The summed E-state index contributed by atoms with van der Waals surface area (Å²) in [7, 11) is 0. The van der Waals surface area contributed by atoms with Gasteiger partial charge in [0.25, 0.3) is 0 Å². The van der Waals surface area contributed by atoms with Crippen LogP contribution >= 0.6 is 11.6 Å². The lowest BCUT2D eigenvalue weighted by molar-refractivity contribution is -0.122. The molecule has 0 aliphatic carbocycles. The third-order valence-corrected chi connectivity index (χ3v) is 2.67. The zero-order chi connectivity index (χ0) is 15.4. The Bertz CT molecular complexity index is 614. The predicted octanol–water partition coefficient (Wildman–Crippen LogP) is 1.04. The Labute approximate surface area is 127 Å². The number of carbonyl (C=O) groups excluding carboxylic acids is 1. The molecule has 9 heteroatoms. The molecule has 1 unspecified atom stereocenters. The highest BCUT2D eigenvalue weighted by atomic mass is 35.5. The van der Waals surface area contributed by atoms with E-state index in [0.29, 0.717) is 5.95 Å². The Morgan fingerprint density at radius 3 is 2.67 bits per heavy atom. The zero-order valence-corrected chi connectivity index (χ0v) is 12.7. The minimum absolute atomic E-state index is 0.0349. The quantitative estimate of drug-likeness (QED) is 0.856. The topological polar surface area (TPSA) is 97.6 Å². The molecule has 0 radical (unpaired) electrons. The number of rotatable bonds is 5. The van der Waals surface area contributed by atoms with Crippen LogP contribution in [0.25, 0.3) is 5.95 Å². The summed E-state index contributed by atoms with van der Waals surface area (Å²) in [5.74, 6) is 0.405. The van der Waals surface area contributed by atoms with Crippen molar-refractivity contribution in [2.75, 3.05) is 5.32 Å². The van der Waals surface area contributed by atoms with E-state index in [2.05, 4.69) is 30.6 Å². The molecule has 112 valence electrons. The number of aromatic nitrogens is 5. The van der Waals surface area contributed by atoms with Gasteiger partial charge in [-0.1, -0.05) is 0 Å². The van der Waals surface area contributed by atoms with Gasteiger partial charge in [-0.15, -0.1) is 0 Å². The number of nitrogens with zero attached hydrogens (tertiary/aromatic N) is 5. The summed E-state index contributed by atoms with van der Waals surface area (Å²) < 4.78 is 1.59. The summed E-state index contributed by atoms with van der Waals surface area (Å²) in [5.41, 5.74) is 0. The molecule has 0 aliphatic rings. The second-order valence-electron chi connectivity index (χ2n) is 4.73. The van der Waals surface area contributed by atoms with Crippen molar-refractivity contribution in [2.45, 2.75) is 32.9 Å². The number of carbonyl (C=O) groups is 1. The van der Waals surface area contributed by atoms with E-state index < -0.39 is 6.04 Å². The maximum atomic E-state index is 11.9. The number of hydrogen-bond donors (Lipinski definition) is 2. The smallest absolute Gasteiger partial charge is 0.242 e. The molecule has 0 aliphatic heterocycles. The Morgan fingerprint density at radius 2 is 2.05 bits per heavy atom. The van der Waals surface area contributed by atoms with Crippen molar-refractivity contribution >= 4 is 23.5 Å². The Morgan fingerprint density at radius 1 is 1.29 bits per heavy atom. The molecule has 8 nitrogen and oxygen atoms in total. The molecule has 2 rings (SSSR count). The van der Waals surface area contributed by atoms with Gasteiger partial charge >= 0.3 is 0 Å². The van der Waals surface area contributed by atoms with Gasteiger partial charge in [-0.2, -0.15) is 15.0 Å². The highest BCUT2D eigenvalue weighted by Crippen LogP contribution is 2.10. The molecule has 0 bridgehead atoms. The lowest BCUT2D eigenvalue weighted by Crippen LogP contribution is -2.41. The first-order valence-electron chi connectivity index (χ1n) is 6.42. The molecule has 2 N–H and O–H groups in total. The van der Waals surface area contributed by atoms with Gasteiger partial charge in [-0.25, -0.2) is 4.98 Å². The van der Waals surface area contributed by atoms with Gasteiger partial charge in [-0.3, -0.25) is 9.36 Å². The molecule has 2 heterocycles. The highest BCUT2D eigenvalue weighted by molar-refractivity contribution is 6.28. The van der Waals surface area contributed by atoms with Crippen molar-refractivity contribution in [1.29, 1.82) is 0 Å². The molecule has 0 saturated carbocycles. The van der Waals surface area contributed by atoms with E-state index in [-0.39, 0.29) is 23.2 Å². The molecule has 0 saturated heterocycles. The maximum Gasteiger partial charge on any atom is 0.242 e. The predicted molar refractivity (Wildman–Crippen MR) is 78.3 cm³/mol. The number of imidazole rings is 1. The Kier molecular flexibility index (Phi) is 4.69. The third-order valence-electron chi connectivity index (χ3n) is 2.50. The van der Waals surface area contributed by atoms with Gasteiger partial charge in [0.2, 0.25) is 23.1 Å². The first-order valence-corrected chi connectivity index (χ1v) is 6.80. The second-order valence-corrected chi connectivity index (χ2v) is 5.07. The zero-order valence-electron chi connectivity index (χ0n) is 11.9. The number of halogens is 1. The van der Waals surface area contributed by atoms with Crippen LogP contribution in [-0.4, -0.2) is 42.5 Å². The van der Waals surface area contributed by atoms with Crippen LogP contribution in [0.2, 0.25) is 5.28 Å². The average molecular weight is 310 g/mol. The highest BCUT2D eigenvalue weighted by Gasteiger charge is 2.16. The molecule has 0 fully saturated rings. The number of hydrogen-bond acceptors (Lipinski definition) is 6. The number of nitrogens with one attached hydrogen (secondary N) is 2. The second kappa shape index (κ2) is 6.49. The summed E-state index contributed by atoms with van der Waals surface area (Å²) in [6, 6.07) is -0.438. The van der Waals surface area contributed by atoms with E-state index in [1.54, 1.807) is 30.2 Å². The van der Waals surface area contributed by atoms with E-state index in [4.69, 9.17) is 11.6 Å². The molecule has 1 amide bonds. The van der Waals surface area contributed by atoms with Crippen molar-refractivity contribution in [1.82, 2.24) is 29.8 Å². The molecule has 2 aromatic rings. The fourth-order valence-corrected chi connectivity index (χ4v) is 1.72. The standard InChI is InChI=1S/C12H16ClN7O/c1-7(2)15-9(21)8(3)16-11-17-10(13)18-12(19-11)20-5-4-14-6-20/h4-8H,1-3H3,(H,15,21)(H,16,17,18,19). The summed E-state index contributed by atoms with van der Waals surface area (Å²) in [4.78, 5) is 27.9. The van der Waals surface area contributed by atoms with Crippen LogP contribution in [0, 0.1) is 0 Å². The molecular formula is C12H16ClN7O. The van der Waals surface area contributed by atoms with E-state index in [0.717, 1.165) is 0 Å². The normalized spacial score (nSPS) is 12.2. The number of amides is 1. The molecular weight excluding hydrogens is 294 g/mol. The van der Waals surface area contributed by atoms with Crippen molar-refractivity contribution in [2.24, 2.45) is 0 Å². The summed E-state index contributed by atoms with van der Waals surface area (Å²) in [6.07, 6.45) is 4.83. The summed E-state index contributed by atoms with van der Waals surface area (Å²) >= 11 is 5.88. The first-order chi connectivity index (χ1) is 9.95. The minimum Gasteiger partial charge on any atom is -0.352 e. The molecule has 0 spiro atoms. The molecule has 2 aromatic heterocycles. The SMILES string of the molecule is CC(C)NC(=O)C(C)Nc1nc(Cl)nc(-n2ccnc2)n1. The van der Waals surface area contributed by atoms with Gasteiger partial charge in [-0.05, 0) is 32.4 Å². The lowest BCUT2D eigenvalue weighted by atomic mass is 10.3. The summed E-state index contributed by atoms with van der Waals surface area (Å²) in [6.45, 7) is 5.50.